The minimum atomic E-state index is -2.06. The molecule has 3 aliphatic rings. The second kappa shape index (κ2) is 20.6. The maximum Gasteiger partial charge on any atom is 0.421 e. The fraction of sp³-hybridized carbons (Fsp3) is 0.255. The van der Waals surface area contributed by atoms with Crippen LogP contribution in [0.3, 0.4) is 0 Å². The van der Waals surface area contributed by atoms with Crippen LogP contribution in [-0.2, 0) is 40.4 Å². The van der Waals surface area contributed by atoms with Gasteiger partial charge < -0.3 is 34.1 Å². The summed E-state index contributed by atoms with van der Waals surface area (Å²) >= 11 is 0. The van der Waals surface area contributed by atoms with Crippen LogP contribution in [-0.4, -0.2) is 92.1 Å². The topological polar surface area (TPSA) is 166 Å². The van der Waals surface area contributed by atoms with E-state index in [1.165, 1.54) is 7.11 Å². The second-order valence-corrected chi connectivity index (χ2v) is 16.7. The number of aliphatic hydroxyl groups excluding tert-OH is 1. The van der Waals surface area contributed by atoms with Crippen molar-refractivity contribution < 1.29 is 48.0 Å². The van der Waals surface area contributed by atoms with Gasteiger partial charge in [0.2, 0.25) is 11.8 Å². The Kier molecular flexibility index (Phi) is 13.8. The molecule has 6 atom stereocenters. The van der Waals surface area contributed by atoms with Crippen LogP contribution >= 0.6 is 0 Å². The zero-order chi connectivity index (χ0) is 47.9. The minimum absolute atomic E-state index is 0.0268. The first kappa shape index (κ1) is 46.3. The van der Waals surface area contributed by atoms with Gasteiger partial charge in [-0.25, -0.2) is 9.69 Å². The maximum absolute atomic E-state index is 16.4. The fourth-order valence-electron chi connectivity index (χ4n) is 9.97. The summed E-state index contributed by atoms with van der Waals surface area (Å²) in [6, 6.07) is 40.3. The van der Waals surface area contributed by atoms with Gasteiger partial charge in [0.1, 0.15) is 42.3 Å². The number of methoxy groups -OCH3 is 2. The number of amides is 3. The van der Waals surface area contributed by atoms with Crippen molar-refractivity contribution in [2.45, 2.75) is 36.1 Å². The number of cyclic esters (lactones) is 1. The van der Waals surface area contributed by atoms with Gasteiger partial charge in [0.05, 0.1) is 44.0 Å². The van der Waals surface area contributed by atoms with E-state index in [1.807, 2.05) is 95.9 Å². The molecule has 14 nitrogen and oxygen atoms in total. The molecule has 5 aromatic carbocycles. The third-order valence-corrected chi connectivity index (χ3v) is 12.8. The van der Waals surface area contributed by atoms with Gasteiger partial charge in [-0.05, 0) is 89.0 Å². The van der Waals surface area contributed by atoms with E-state index in [-0.39, 0.29) is 44.2 Å². The first-order valence-corrected chi connectivity index (χ1v) is 22.7. The molecule has 2 fully saturated rings. The van der Waals surface area contributed by atoms with Crippen molar-refractivity contribution in [1.29, 1.82) is 0 Å². The standard InChI is InChI=1S/C55H50N4O10/c1-65-32-33-68-54(64)58-45-26-23-37(20-19-36-21-24-42(66-2)25-22-36)34-44(45)55(53(58)63)46(51(61)57-29-27-41-17-9-10-28-56-41)48-52(62)69-49(39-14-7-4-8-15-39)47(38-12-5-3-6-13-38)59(48)50(55)40-16-11-18-43(35-40)67-31-30-60/h3-18,21-26,28,34-35,46-50,60H,27,29-33H2,1-2H3,(H,57,61)/t46-,47-,48-,49+,50+,55-/m1/s1. The van der Waals surface area contributed by atoms with Gasteiger partial charge in [-0.3, -0.25) is 24.3 Å². The van der Waals surface area contributed by atoms with Gasteiger partial charge >= 0.3 is 12.1 Å². The third-order valence-electron chi connectivity index (χ3n) is 12.8. The number of aliphatic hydroxyl groups is 1. The number of benzene rings is 5. The van der Waals surface area contributed by atoms with Crippen molar-refractivity contribution in [2.24, 2.45) is 5.92 Å². The second-order valence-electron chi connectivity index (χ2n) is 16.7. The van der Waals surface area contributed by atoms with Crippen LogP contribution in [0.4, 0.5) is 10.5 Å². The summed E-state index contributed by atoms with van der Waals surface area (Å²) in [4.78, 5) is 69.4. The van der Waals surface area contributed by atoms with E-state index in [1.54, 1.807) is 67.9 Å². The van der Waals surface area contributed by atoms with Crippen molar-refractivity contribution in [1.82, 2.24) is 15.2 Å². The summed E-state index contributed by atoms with van der Waals surface area (Å²) in [5.74, 6) is 3.80. The number of ether oxygens (including phenoxy) is 5. The van der Waals surface area contributed by atoms with Gasteiger partial charge in [-0.2, -0.15) is 0 Å². The molecule has 350 valence electrons. The Bertz CT molecular complexity index is 2870. The predicted octanol–water partition coefficient (Wildman–Crippen LogP) is 6.67. The van der Waals surface area contributed by atoms with Gasteiger partial charge in [0.15, 0.2) is 0 Å². The zero-order valence-electron chi connectivity index (χ0n) is 38.0. The molecule has 2 saturated heterocycles. The number of esters is 1. The molecule has 1 spiro atoms. The van der Waals surface area contributed by atoms with E-state index in [0.717, 1.165) is 16.2 Å². The van der Waals surface area contributed by atoms with Crippen LogP contribution in [0.15, 0.2) is 152 Å². The summed E-state index contributed by atoms with van der Waals surface area (Å²) in [6.07, 6.45) is 0.0899. The van der Waals surface area contributed by atoms with E-state index in [9.17, 15) is 9.90 Å². The molecule has 0 bridgehead atoms. The molecule has 1 aromatic heterocycles. The Balaban J connectivity index is 1.32. The Hall–Kier alpha value is -7.83. The molecule has 0 aliphatic carbocycles. The molecule has 0 radical (unpaired) electrons. The summed E-state index contributed by atoms with van der Waals surface area (Å²) in [6.45, 7) is -0.308. The lowest BCUT2D eigenvalue weighted by Gasteiger charge is -2.46. The molecule has 6 aromatic rings. The Labute approximate surface area is 399 Å². The van der Waals surface area contributed by atoms with Crippen LogP contribution in [0.5, 0.6) is 11.5 Å². The van der Waals surface area contributed by atoms with E-state index in [0.29, 0.717) is 40.2 Å². The first-order valence-electron chi connectivity index (χ1n) is 22.7. The molecular formula is C55H50N4O10. The van der Waals surface area contributed by atoms with Crippen molar-refractivity contribution in [3.63, 3.8) is 0 Å². The molecule has 0 unspecified atom stereocenters. The van der Waals surface area contributed by atoms with Crippen LogP contribution in [0.2, 0.25) is 0 Å². The van der Waals surface area contributed by atoms with Gasteiger partial charge in [-0.1, -0.05) is 90.7 Å². The number of imide groups is 1. The molecule has 2 N–H and O–H groups in total. The summed E-state index contributed by atoms with van der Waals surface area (Å²) in [5, 5.41) is 12.9. The molecule has 0 saturated carbocycles. The Morgan fingerprint density at radius 2 is 1.46 bits per heavy atom. The minimum Gasteiger partial charge on any atom is -0.497 e. The monoisotopic (exact) mass is 926 g/mol. The molecule has 4 heterocycles. The SMILES string of the molecule is COCCOC(=O)N1C(=O)[C@@]2(c3cc(C#Cc4ccc(OC)cc4)ccc31)[C@H](c1cccc(OCCO)c1)N1[C@H](c3ccccc3)[C@H](c3ccccc3)OC(=O)[C@H]1[C@@H]2C(=O)NCCc1ccccn1. The number of rotatable bonds is 14. The third kappa shape index (κ3) is 8.91. The van der Waals surface area contributed by atoms with E-state index in [2.05, 4.69) is 22.1 Å². The van der Waals surface area contributed by atoms with Gasteiger partial charge in [-0.15, -0.1) is 0 Å². The maximum atomic E-state index is 16.4. The van der Waals surface area contributed by atoms with Gasteiger partial charge in [0.25, 0.3) is 0 Å². The van der Waals surface area contributed by atoms with Crippen molar-refractivity contribution >= 4 is 29.6 Å². The molecule has 14 heteroatoms. The van der Waals surface area contributed by atoms with Crippen LogP contribution < -0.4 is 19.7 Å². The highest BCUT2D eigenvalue weighted by Gasteiger charge is 2.75. The van der Waals surface area contributed by atoms with Gasteiger partial charge in [0, 0.05) is 43.1 Å². The summed E-state index contributed by atoms with van der Waals surface area (Å²) in [7, 11) is 3.05. The summed E-state index contributed by atoms with van der Waals surface area (Å²) < 4.78 is 28.8. The van der Waals surface area contributed by atoms with E-state index >= 15 is 14.4 Å². The highest BCUT2D eigenvalue weighted by Crippen LogP contribution is 2.66. The average molecular weight is 927 g/mol. The smallest absolute Gasteiger partial charge is 0.421 e. The number of morpholine rings is 1. The first-order chi connectivity index (χ1) is 33.8. The number of nitrogens with one attached hydrogen (secondary N) is 1. The van der Waals surface area contributed by atoms with Crippen LogP contribution in [0, 0.1) is 17.8 Å². The van der Waals surface area contributed by atoms with Crippen LogP contribution in [0.1, 0.15) is 57.3 Å². The number of fused-ring (bicyclic) bond motifs is 3. The lowest BCUT2D eigenvalue weighted by Crippen LogP contribution is -2.56. The van der Waals surface area contributed by atoms with Crippen molar-refractivity contribution in [3.8, 4) is 23.3 Å². The molecule has 3 aliphatic heterocycles. The quantitative estimate of drug-likeness (QED) is 0.0679. The average Bonchev–Trinajstić information content (AvgIpc) is 3.84. The van der Waals surface area contributed by atoms with Crippen molar-refractivity contribution in [2.75, 3.05) is 52.1 Å². The van der Waals surface area contributed by atoms with E-state index in [4.69, 9.17) is 23.7 Å². The molecule has 69 heavy (non-hydrogen) atoms. The number of carbonyl (C=O) groups is 4. The number of hydrogen-bond donors (Lipinski definition) is 2. The fourth-order valence-corrected chi connectivity index (χ4v) is 9.97. The lowest BCUT2D eigenvalue weighted by molar-refractivity contribution is -0.178. The number of pyridine rings is 1. The number of anilines is 1. The Morgan fingerprint density at radius 3 is 2.17 bits per heavy atom. The number of aromatic nitrogens is 1. The predicted molar refractivity (Wildman–Crippen MR) is 254 cm³/mol. The van der Waals surface area contributed by atoms with Crippen LogP contribution in [0.25, 0.3) is 0 Å². The summed E-state index contributed by atoms with van der Waals surface area (Å²) in [5.41, 5.74) is 2.17. The molecule has 9 rings (SSSR count). The Morgan fingerprint density at radius 1 is 0.754 bits per heavy atom. The van der Waals surface area contributed by atoms with Crippen molar-refractivity contribution in [3.05, 3.63) is 191 Å². The molecule has 3 amide bonds. The normalized spacial score (nSPS) is 21.4. The largest absolute Gasteiger partial charge is 0.497 e. The highest BCUT2D eigenvalue weighted by atomic mass is 16.6. The lowest BCUT2D eigenvalue weighted by atomic mass is 9.65. The molecular weight excluding hydrogens is 877 g/mol. The number of nitrogens with zero attached hydrogens (tertiary/aromatic N) is 3. The van der Waals surface area contributed by atoms with E-state index < -0.39 is 59.4 Å². The highest BCUT2D eigenvalue weighted by molar-refractivity contribution is 6.23. The number of carbonyl (C=O) groups excluding carboxylic acids is 4. The zero-order valence-corrected chi connectivity index (χ0v) is 38.0. The number of hydrogen-bond acceptors (Lipinski definition) is 12.